The molecule has 0 aliphatic heterocycles. The third-order valence-electron chi connectivity index (χ3n) is 8.31. The number of aryl methyl sites for hydroxylation is 1. The number of carbonyl (C=O) groups excluding carboxylic acids is 1. The number of carbonyl (C=O) groups is 1. The molecular formula is C40H39N3O3. The average Bonchev–Trinajstić information content (AvgIpc) is 3.46. The van der Waals surface area contributed by atoms with E-state index in [9.17, 15) is 4.79 Å². The summed E-state index contributed by atoms with van der Waals surface area (Å²) in [7, 11) is 1.65. The van der Waals surface area contributed by atoms with Crippen LogP contribution < -0.4 is 14.8 Å². The second-order valence-electron chi connectivity index (χ2n) is 11.6. The van der Waals surface area contributed by atoms with Gasteiger partial charge < -0.3 is 19.4 Å². The van der Waals surface area contributed by atoms with Crippen LogP contribution in [0.3, 0.4) is 0 Å². The molecule has 4 aromatic carbocycles. The van der Waals surface area contributed by atoms with Gasteiger partial charge in [0, 0.05) is 60.8 Å². The van der Waals surface area contributed by atoms with Crippen molar-refractivity contribution in [3.8, 4) is 11.5 Å². The summed E-state index contributed by atoms with van der Waals surface area (Å²) >= 11 is 0. The zero-order valence-electron chi connectivity index (χ0n) is 26.4. The van der Waals surface area contributed by atoms with Crippen molar-refractivity contribution in [2.75, 3.05) is 13.7 Å². The highest BCUT2D eigenvalue weighted by Gasteiger charge is 2.24. The van der Waals surface area contributed by atoms with Crippen LogP contribution in [0.4, 0.5) is 0 Å². The molecule has 1 atom stereocenters. The summed E-state index contributed by atoms with van der Waals surface area (Å²) in [4.78, 5) is 18.0. The minimum atomic E-state index is -0.219. The van der Waals surface area contributed by atoms with Gasteiger partial charge in [-0.05, 0) is 59.5 Å². The monoisotopic (exact) mass is 609 g/mol. The Labute approximate surface area is 270 Å². The largest absolute Gasteiger partial charge is 0.493 e. The van der Waals surface area contributed by atoms with E-state index in [1.807, 2.05) is 66.7 Å². The maximum Gasteiger partial charge on any atom is 0.220 e. The van der Waals surface area contributed by atoms with Crippen LogP contribution in [0.5, 0.6) is 11.5 Å². The van der Waals surface area contributed by atoms with Crippen molar-refractivity contribution in [1.82, 2.24) is 14.9 Å². The van der Waals surface area contributed by atoms with E-state index in [0.717, 1.165) is 39.8 Å². The molecule has 2 heterocycles. The van der Waals surface area contributed by atoms with Crippen LogP contribution >= 0.6 is 0 Å². The Kier molecular flexibility index (Phi) is 9.74. The maximum atomic E-state index is 13.6. The molecule has 6 aromatic rings. The molecule has 232 valence electrons. The Morgan fingerprint density at radius 3 is 2.41 bits per heavy atom. The summed E-state index contributed by atoms with van der Waals surface area (Å²) in [5, 5.41) is 4.27. The fourth-order valence-corrected chi connectivity index (χ4v) is 5.87. The van der Waals surface area contributed by atoms with Gasteiger partial charge in [-0.2, -0.15) is 0 Å². The topological polar surface area (TPSA) is 65.4 Å². The predicted octanol–water partition coefficient (Wildman–Crippen LogP) is 7.86. The molecule has 0 saturated heterocycles. The first-order chi connectivity index (χ1) is 22.6. The number of rotatable bonds is 13. The third kappa shape index (κ3) is 7.46. The van der Waals surface area contributed by atoms with Gasteiger partial charge in [0.05, 0.1) is 7.11 Å². The molecular weight excluding hydrogens is 570 g/mol. The number of nitrogens with zero attached hydrogens (tertiary/aromatic N) is 2. The lowest BCUT2D eigenvalue weighted by molar-refractivity contribution is -0.121. The molecule has 46 heavy (non-hydrogen) atoms. The van der Waals surface area contributed by atoms with Gasteiger partial charge in [0.15, 0.2) is 11.5 Å². The highest BCUT2D eigenvalue weighted by atomic mass is 16.5. The standard InChI is InChI=1S/C40H39N3O3/c1-29-15-17-30(18-16-29)26-43-27-36(34-13-6-7-14-37(34)43)35(25-40(44)42-23-21-33-12-8-9-22-41-33)32-19-20-38(45-2)39(24-32)46-28-31-10-4-3-5-11-31/h3-20,22,24,27,35H,21,23,25-26,28H2,1-2H3,(H,42,44). The van der Waals surface area contributed by atoms with Gasteiger partial charge in [-0.3, -0.25) is 9.78 Å². The van der Waals surface area contributed by atoms with Gasteiger partial charge in [-0.25, -0.2) is 0 Å². The fraction of sp³-hybridized carbons (Fsp3) is 0.200. The first kappa shape index (κ1) is 30.7. The van der Waals surface area contributed by atoms with Gasteiger partial charge >= 0.3 is 0 Å². The van der Waals surface area contributed by atoms with Crippen LogP contribution in [-0.4, -0.2) is 29.1 Å². The molecule has 0 bridgehead atoms. The lowest BCUT2D eigenvalue weighted by Gasteiger charge is -2.20. The van der Waals surface area contributed by atoms with Crippen LogP contribution in [0.15, 0.2) is 128 Å². The minimum Gasteiger partial charge on any atom is -0.493 e. The van der Waals surface area contributed by atoms with E-state index >= 15 is 0 Å². The summed E-state index contributed by atoms with van der Waals surface area (Å²) in [6, 6.07) is 39.0. The Morgan fingerprint density at radius 1 is 0.848 bits per heavy atom. The Hall–Kier alpha value is -5.36. The number of ether oxygens (including phenoxy) is 2. The Balaban J connectivity index is 1.34. The van der Waals surface area contributed by atoms with Crippen LogP contribution in [0.2, 0.25) is 0 Å². The average molecular weight is 610 g/mol. The Morgan fingerprint density at radius 2 is 1.63 bits per heavy atom. The third-order valence-corrected chi connectivity index (χ3v) is 8.31. The number of nitrogens with one attached hydrogen (secondary N) is 1. The quantitative estimate of drug-likeness (QED) is 0.145. The van der Waals surface area contributed by atoms with Crippen molar-refractivity contribution < 1.29 is 14.3 Å². The van der Waals surface area contributed by atoms with Gasteiger partial charge in [-0.1, -0.05) is 90.5 Å². The second-order valence-corrected chi connectivity index (χ2v) is 11.6. The summed E-state index contributed by atoms with van der Waals surface area (Å²) in [5.74, 6) is 1.07. The van der Waals surface area contributed by atoms with Crippen molar-refractivity contribution in [2.24, 2.45) is 0 Å². The first-order valence-corrected chi connectivity index (χ1v) is 15.7. The lowest BCUT2D eigenvalue weighted by atomic mass is 9.87. The predicted molar refractivity (Wildman–Crippen MR) is 183 cm³/mol. The number of amides is 1. The molecule has 2 aromatic heterocycles. The zero-order chi connectivity index (χ0) is 31.7. The van der Waals surface area contributed by atoms with E-state index in [1.54, 1.807) is 13.3 Å². The van der Waals surface area contributed by atoms with E-state index in [4.69, 9.17) is 9.47 Å². The van der Waals surface area contributed by atoms with E-state index in [2.05, 4.69) is 76.5 Å². The van der Waals surface area contributed by atoms with Crippen molar-refractivity contribution in [3.05, 3.63) is 161 Å². The molecule has 6 heteroatoms. The summed E-state index contributed by atoms with van der Waals surface area (Å²) in [6.45, 7) is 3.77. The molecule has 0 saturated carbocycles. The molecule has 6 rings (SSSR count). The molecule has 1 amide bonds. The summed E-state index contributed by atoms with van der Waals surface area (Å²) in [6.07, 6.45) is 4.95. The van der Waals surface area contributed by atoms with Gasteiger partial charge in [0.1, 0.15) is 6.61 Å². The minimum absolute atomic E-state index is 0.0149. The molecule has 1 N–H and O–H groups in total. The second kappa shape index (κ2) is 14.6. The van der Waals surface area contributed by atoms with E-state index in [1.165, 1.54) is 11.1 Å². The number of benzene rings is 4. The van der Waals surface area contributed by atoms with Gasteiger partial charge in [-0.15, -0.1) is 0 Å². The van der Waals surface area contributed by atoms with Crippen LogP contribution in [0, 0.1) is 6.92 Å². The number of hydrogen-bond donors (Lipinski definition) is 1. The molecule has 0 radical (unpaired) electrons. The summed E-state index contributed by atoms with van der Waals surface area (Å²) in [5.41, 5.74) is 7.70. The highest BCUT2D eigenvalue weighted by Crippen LogP contribution is 2.39. The summed E-state index contributed by atoms with van der Waals surface area (Å²) < 4.78 is 14.3. The van der Waals surface area contributed by atoms with Crippen LogP contribution in [0.1, 0.15) is 45.8 Å². The van der Waals surface area contributed by atoms with E-state index < -0.39 is 0 Å². The number of fused-ring (bicyclic) bond motifs is 1. The molecule has 0 aliphatic carbocycles. The molecule has 1 unspecified atom stereocenters. The van der Waals surface area contributed by atoms with E-state index in [0.29, 0.717) is 31.1 Å². The maximum absolute atomic E-state index is 13.6. The number of pyridine rings is 1. The molecule has 0 fully saturated rings. The number of methoxy groups -OCH3 is 1. The number of para-hydroxylation sites is 1. The first-order valence-electron chi connectivity index (χ1n) is 15.7. The molecule has 0 spiro atoms. The van der Waals surface area contributed by atoms with Gasteiger partial charge in [0.25, 0.3) is 0 Å². The number of hydrogen-bond acceptors (Lipinski definition) is 4. The van der Waals surface area contributed by atoms with Crippen LogP contribution in [0.25, 0.3) is 10.9 Å². The molecule has 6 nitrogen and oxygen atoms in total. The SMILES string of the molecule is COc1ccc(C(CC(=O)NCCc2ccccn2)c2cn(Cc3ccc(C)cc3)c3ccccc23)cc1OCc1ccccc1. The normalized spacial score (nSPS) is 11.7. The van der Waals surface area contributed by atoms with Crippen molar-refractivity contribution in [3.63, 3.8) is 0 Å². The number of aromatic nitrogens is 2. The van der Waals surface area contributed by atoms with Crippen molar-refractivity contribution in [2.45, 2.75) is 38.8 Å². The van der Waals surface area contributed by atoms with Crippen molar-refractivity contribution in [1.29, 1.82) is 0 Å². The fourth-order valence-electron chi connectivity index (χ4n) is 5.87. The lowest BCUT2D eigenvalue weighted by Crippen LogP contribution is -2.27. The smallest absolute Gasteiger partial charge is 0.220 e. The van der Waals surface area contributed by atoms with Crippen molar-refractivity contribution >= 4 is 16.8 Å². The van der Waals surface area contributed by atoms with Crippen LogP contribution in [-0.2, 0) is 24.4 Å². The molecule has 0 aliphatic rings. The van der Waals surface area contributed by atoms with E-state index in [-0.39, 0.29) is 18.2 Å². The zero-order valence-corrected chi connectivity index (χ0v) is 26.4. The Bertz CT molecular complexity index is 1880. The highest BCUT2D eigenvalue weighted by molar-refractivity contribution is 5.87. The van der Waals surface area contributed by atoms with Gasteiger partial charge in [0.2, 0.25) is 5.91 Å².